The van der Waals surface area contributed by atoms with E-state index in [4.69, 9.17) is 0 Å². The third-order valence-corrected chi connectivity index (χ3v) is 3.44. The fraction of sp³-hybridized carbons (Fsp3) is 0.154. The molecular weight excluding hydrogens is 344 g/mol. The van der Waals surface area contributed by atoms with Gasteiger partial charge in [-0.15, -0.1) is 0 Å². The lowest BCUT2D eigenvalue weighted by Gasteiger charge is -2.08. The Kier molecular flexibility index (Phi) is 4.18. The van der Waals surface area contributed by atoms with Gasteiger partial charge in [-0.25, -0.2) is 4.98 Å². The number of hydrogen-bond acceptors (Lipinski definition) is 2. The van der Waals surface area contributed by atoms with Crippen LogP contribution in [0.5, 0.6) is 0 Å². The maximum atomic E-state index is 4.32. The normalized spacial score (nSPS) is 10.3. The number of aromatic nitrogens is 1. The number of rotatable bonds is 3. The van der Waals surface area contributed by atoms with E-state index in [1.165, 1.54) is 5.56 Å². The Balaban J connectivity index is 2.25. The predicted octanol–water partition coefficient (Wildman–Crippen LogP) is 4.91. The van der Waals surface area contributed by atoms with Crippen LogP contribution >= 0.6 is 31.9 Å². The van der Waals surface area contributed by atoms with Gasteiger partial charge in [0.1, 0.15) is 5.82 Å². The van der Waals surface area contributed by atoms with Crippen LogP contribution in [0.25, 0.3) is 0 Å². The highest BCUT2D eigenvalue weighted by Crippen LogP contribution is 2.26. The van der Waals surface area contributed by atoms with Crippen LogP contribution in [0.3, 0.4) is 0 Å². The monoisotopic (exact) mass is 354 g/mol. The number of hydrogen-bond donors (Lipinski definition) is 1. The van der Waals surface area contributed by atoms with Crippen molar-refractivity contribution in [1.29, 1.82) is 0 Å². The van der Waals surface area contributed by atoms with Crippen LogP contribution in [-0.4, -0.2) is 4.98 Å². The molecule has 0 aliphatic carbocycles. The maximum Gasteiger partial charge on any atom is 0.144 e. The summed E-state index contributed by atoms with van der Waals surface area (Å²) in [5.74, 6) is 0.821. The van der Waals surface area contributed by atoms with Crippen LogP contribution in [0, 0.1) is 0 Å². The molecule has 88 valence electrons. The molecule has 1 N–H and O–H groups in total. The summed E-state index contributed by atoms with van der Waals surface area (Å²) >= 11 is 6.87. The van der Waals surface area contributed by atoms with E-state index in [1.54, 1.807) is 6.20 Å². The van der Waals surface area contributed by atoms with Crippen molar-refractivity contribution in [2.24, 2.45) is 0 Å². The highest BCUT2D eigenvalue weighted by molar-refractivity contribution is 9.11. The summed E-state index contributed by atoms with van der Waals surface area (Å²) in [5.41, 5.74) is 2.36. The lowest BCUT2D eigenvalue weighted by Crippen LogP contribution is -1.95. The number of aryl methyl sites for hydroxylation is 1. The third-order valence-electron chi connectivity index (χ3n) is 2.41. The standard InChI is InChI=1S/C13H12Br2N2/c1-2-9-4-3-5-11(6-9)17-13-12(15)7-10(14)8-16-13/h3-8H,2H2,1H3,(H,16,17). The van der Waals surface area contributed by atoms with Gasteiger partial charge in [0.05, 0.1) is 4.47 Å². The number of halogens is 2. The molecule has 0 unspecified atom stereocenters. The van der Waals surface area contributed by atoms with Gasteiger partial charge in [-0.2, -0.15) is 0 Å². The molecule has 2 rings (SSSR count). The molecule has 0 spiro atoms. The molecule has 17 heavy (non-hydrogen) atoms. The zero-order valence-electron chi connectivity index (χ0n) is 9.37. The first-order valence-corrected chi connectivity index (χ1v) is 6.94. The highest BCUT2D eigenvalue weighted by atomic mass is 79.9. The summed E-state index contributed by atoms with van der Waals surface area (Å²) in [6.07, 6.45) is 2.81. The number of benzene rings is 1. The van der Waals surface area contributed by atoms with E-state index >= 15 is 0 Å². The minimum atomic E-state index is 0.821. The predicted molar refractivity (Wildman–Crippen MR) is 78.7 cm³/mol. The van der Waals surface area contributed by atoms with E-state index in [0.29, 0.717) is 0 Å². The average Bonchev–Trinajstić information content (AvgIpc) is 2.33. The Bertz CT molecular complexity index is 527. The zero-order chi connectivity index (χ0) is 12.3. The van der Waals surface area contributed by atoms with Gasteiger partial charge in [0.15, 0.2) is 0 Å². The van der Waals surface area contributed by atoms with Crippen molar-refractivity contribution in [3.63, 3.8) is 0 Å². The summed E-state index contributed by atoms with van der Waals surface area (Å²) in [7, 11) is 0. The van der Waals surface area contributed by atoms with Crippen molar-refractivity contribution in [2.75, 3.05) is 5.32 Å². The van der Waals surface area contributed by atoms with Crippen molar-refractivity contribution in [2.45, 2.75) is 13.3 Å². The number of anilines is 2. The Morgan fingerprint density at radius 3 is 2.76 bits per heavy atom. The van der Waals surface area contributed by atoms with Gasteiger partial charge in [-0.3, -0.25) is 0 Å². The van der Waals surface area contributed by atoms with Crippen LogP contribution in [0.4, 0.5) is 11.5 Å². The van der Waals surface area contributed by atoms with Gasteiger partial charge in [-0.05, 0) is 62.0 Å². The molecule has 2 nitrogen and oxygen atoms in total. The van der Waals surface area contributed by atoms with Crippen molar-refractivity contribution < 1.29 is 0 Å². The molecule has 4 heteroatoms. The van der Waals surface area contributed by atoms with E-state index in [-0.39, 0.29) is 0 Å². The number of pyridine rings is 1. The van der Waals surface area contributed by atoms with Gasteiger partial charge in [0, 0.05) is 16.4 Å². The third kappa shape index (κ3) is 3.30. The number of nitrogens with zero attached hydrogens (tertiary/aromatic N) is 1. The van der Waals surface area contributed by atoms with Gasteiger partial charge in [-0.1, -0.05) is 19.1 Å². The summed E-state index contributed by atoms with van der Waals surface area (Å²) in [4.78, 5) is 4.32. The second-order valence-corrected chi connectivity index (χ2v) is 5.43. The summed E-state index contributed by atoms with van der Waals surface area (Å²) in [5, 5.41) is 3.30. The topological polar surface area (TPSA) is 24.9 Å². The first-order chi connectivity index (χ1) is 8.19. The van der Waals surface area contributed by atoms with E-state index in [2.05, 4.69) is 61.2 Å². The second kappa shape index (κ2) is 5.65. The van der Waals surface area contributed by atoms with Crippen LogP contribution in [0.15, 0.2) is 45.5 Å². The average molecular weight is 356 g/mol. The Morgan fingerprint density at radius 2 is 2.06 bits per heavy atom. The lowest BCUT2D eigenvalue weighted by atomic mass is 10.1. The van der Waals surface area contributed by atoms with E-state index < -0.39 is 0 Å². The smallest absolute Gasteiger partial charge is 0.144 e. The van der Waals surface area contributed by atoms with Gasteiger partial charge in [0.2, 0.25) is 0 Å². The largest absolute Gasteiger partial charge is 0.339 e. The van der Waals surface area contributed by atoms with Crippen molar-refractivity contribution >= 4 is 43.4 Å². The molecule has 0 aliphatic rings. The molecule has 0 saturated carbocycles. The molecule has 0 aliphatic heterocycles. The molecule has 0 atom stereocenters. The van der Waals surface area contributed by atoms with Crippen molar-refractivity contribution in [3.8, 4) is 0 Å². The molecule has 2 aromatic rings. The van der Waals surface area contributed by atoms with Crippen LogP contribution in [0.2, 0.25) is 0 Å². The molecule has 0 amide bonds. The maximum absolute atomic E-state index is 4.32. The Hall–Kier alpha value is -0.870. The van der Waals surface area contributed by atoms with Gasteiger partial charge >= 0.3 is 0 Å². The molecule has 0 bridgehead atoms. The molecule has 0 saturated heterocycles. The van der Waals surface area contributed by atoms with Crippen molar-refractivity contribution in [3.05, 3.63) is 51.0 Å². The molecule has 1 heterocycles. The fourth-order valence-corrected chi connectivity index (χ4v) is 2.60. The van der Waals surface area contributed by atoms with E-state index in [1.807, 2.05) is 18.2 Å². The first kappa shape index (κ1) is 12.6. The highest BCUT2D eigenvalue weighted by Gasteiger charge is 2.02. The van der Waals surface area contributed by atoms with Gasteiger partial charge < -0.3 is 5.32 Å². The Labute approximate surface area is 118 Å². The quantitative estimate of drug-likeness (QED) is 0.845. The SMILES string of the molecule is CCc1cccc(Nc2ncc(Br)cc2Br)c1. The van der Waals surface area contributed by atoms with Gasteiger partial charge in [0.25, 0.3) is 0 Å². The van der Waals surface area contributed by atoms with E-state index in [0.717, 1.165) is 26.9 Å². The molecular formula is C13H12Br2N2. The fourth-order valence-electron chi connectivity index (χ4n) is 1.51. The Morgan fingerprint density at radius 1 is 1.24 bits per heavy atom. The minimum Gasteiger partial charge on any atom is -0.339 e. The minimum absolute atomic E-state index is 0.821. The molecule has 1 aromatic heterocycles. The number of nitrogens with one attached hydrogen (secondary N) is 1. The lowest BCUT2D eigenvalue weighted by molar-refractivity contribution is 1.14. The van der Waals surface area contributed by atoms with Crippen LogP contribution < -0.4 is 5.32 Å². The summed E-state index contributed by atoms with van der Waals surface area (Å²) < 4.78 is 1.89. The van der Waals surface area contributed by atoms with E-state index in [9.17, 15) is 0 Å². The molecule has 0 radical (unpaired) electrons. The second-order valence-electron chi connectivity index (χ2n) is 3.66. The summed E-state index contributed by atoms with van der Waals surface area (Å²) in [6, 6.07) is 10.3. The molecule has 1 aromatic carbocycles. The first-order valence-electron chi connectivity index (χ1n) is 5.36. The summed E-state index contributed by atoms with van der Waals surface area (Å²) in [6.45, 7) is 2.15. The molecule has 0 fully saturated rings. The van der Waals surface area contributed by atoms with Crippen molar-refractivity contribution in [1.82, 2.24) is 4.98 Å². The zero-order valence-corrected chi connectivity index (χ0v) is 12.5. The van der Waals surface area contributed by atoms with Crippen LogP contribution in [0.1, 0.15) is 12.5 Å². The van der Waals surface area contributed by atoms with Crippen LogP contribution in [-0.2, 0) is 6.42 Å².